The topological polar surface area (TPSA) is 105 Å². The average Bonchev–Trinajstić information content (AvgIpc) is 3.49. The largest absolute Gasteiger partial charge is 0.486 e. The number of hydrogen-bond donors (Lipinski definition) is 1. The molecule has 1 aliphatic rings. The highest BCUT2D eigenvalue weighted by molar-refractivity contribution is 5.93. The first-order valence-corrected chi connectivity index (χ1v) is 11.8. The van der Waals surface area contributed by atoms with Crippen LogP contribution in [-0.4, -0.2) is 73.0 Å². The van der Waals surface area contributed by atoms with Crippen molar-refractivity contribution < 1.29 is 9.53 Å². The van der Waals surface area contributed by atoms with E-state index in [-0.39, 0.29) is 18.2 Å². The minimum absolute atomic E-state index is 0.0224. The zero-order chi connectivity index (χ0) is 24.8. The van der Waals surface area contributed by atoms with Crippen LogP contribution >= 0.6 is 0 Å². The molecule has 182 valence electrons. The lowest BCUT2D eigenvalue weighted by Gasteiger charge is -2.40. The van der Waals surface area contributed by atoms with Gasteiger partial charge in [-0.15, -0.1) is 0 Å². The maximum absolute atomic E-state index is 12.1. The van der Waals surface area contributed by atoms with E-state index in [9.17, 15) is 4.79 Å². The third kappa shape index (κ3) is 3.80. The standard InChI is InChI=1S/C26H26N8O2/c1-16(20-5-4-6-23-25(20)28-10-9-27-23)36-19-7-8-22-21(11-19)24(31-30-22)17-12-29-34(13-17)18-14-33(15-18)26(35)32(2)3/h4-13,16,18H,14-15H2,1-3H3,(H,30,31). The van der Waals surface area contributed by atoms with Gasteiger partial charge in [0, 0.05) is 62.3 Å². The molecule has 0 aliphatic carbocycles. The Kier molecular flexibility index (Phi) is 5.28. The van der Waals surface area contributed by atoms with Gasteiger partial charge in [0.25, 0.3) is 0 Å². The summed E-state index contributed by atoms with van der Waals surface area (Å²) in [5, 5.41) is 13.1. The summed E-state index contributed by atoms with van der Waals surface area (Å²) in [6.07, 6.45) is 6.98. The summed E-state index contributed by atoms with van der Waals surface area (Å²) in [5.41, 5.74) is 5.30. The van der Waals surface area contributed by atoms with Crippen LogP contribution in [0.2, 0.25) is 0 Å². The molecule has 1 aliphatic heterocycles. The maximum Gasteiger partial charge on any atom is 0.319 e. The number of likely N-dealkylation sites (tertiary alicyclic amines) is 1. The summed E-state index contributed by atoms with van der Waals surface area (Å²) < 4.78 is 8.24. The number of aromatic nitrogens is 6. The highest BCUT2D eigenvalue weighted by Crippen LogP contribution is 2.33. The van der Waals surface area contributed by atoms with Crippen molar-refractivity contribution in [3.05, 3.63) is 66.7 Å². The minimum atomic E-state index is -0.215. The maximum atomic E-state index is 12.1. The van der Waals surface area contributed by atoms with Crippen molar-refractivity contribution in [2.75, 3.05) is 27.2 Å². The number of nitrogens with one attached hydrogen (secondary N) is 1. The molecule has 6 rings (SSSR count). The molecular formula is C26H26N8O2. The fraction of sp³-hybridized carbons (Fsp3) is 0.269. The molecular weight excluding hydrogens is 456 g/mol. The zero-order valence-corrected chi connectivity index (χ0v) is 20.3. The second-order valence-corrected chi connectivity index (χ2v) is 9.26. The molecule has 1 atom stereocenters. The summed E-state index contributed by atoms with van der Waals surface area (Å²) >= 11 is 0. The monoisotopic (exact) mass is 482 g/mol. The lowest BCUT2D eigenvalue weighted by atomic mass is 10.1. The first-order valence-electron chi connectivity index (χ1n) is 11.8. The van der Waals surface area contributed by atoms with Crippen molar-refractivity contribution in [1.82, 2.24) is 39.7 Å². The van der Waals surface area contributed by atoms with E-state index in [1.165, 1.54) is 0 Å². The predicted octanol–water partition coefficient (Wildman–Crippen LogP) is 4.05. The Morgan fingerprint density at radius 3 is 2.83 bits per heavy atom. The van der Waals surface area contributed by atoms with Crippen LogP contribution in [0.5, 0.6) is 5.75 Å². The molecule has 1 unspecified atom stereocenters. The number of urea groups is 1. The lowest BCUT2D eigenvalue weighted by Crippen LogP contribution is -2.53. The third-order valence-corrected chi connectivity index (χ3v) is 6.58. The summed E-state index contributed by atoms with van der Waals surface area (Å²) in [6, 6.07) is 12.0. The second-order valence-electron chi connectivity index (χ2n) is 9.26. The number of fused-ring (bicyclic) bond motifs is 2. The van der Waals surface area contributed by atoms with Crippen molar-refractivity contribution >= 4 is 28.0 Å². The number of hydrogen-bond acceptors (Lipinski definition) is 6. The molecule has 1 N–H and O–H groups in total. The molecule has 4 heterocycles. The number of nitrogens with zero attached hydrogens (tertiary/aromatic N) is 7. The van der Waals surface area contributed by atoms with Crippen molar-refractivity contribution in [3.8, 4) is 17.0 Å². The number of rotatable bonds is 5. The molecule has 10 heteroatoms. The Morgan fingerprint density at radius 2 is 2.00 bits per heavy atom. The molecule has 0 spiro atoms. The first-order chi connectivity index (χ1) is 17.5. The third-order valence-electron chi connectivity index (χ3n) is 6.58. The quantitative estimate of drug-likeness (QED) is 0.405. The van der Waals surface area contributed by atoms with Crippen molar-refractivity contribution in [2.24, 2.45) is 0 Å². The Bertz CT molecular complexity index is 1560. The van der Waals surface area contributed by atoms with Gasteiger partial charge in [0.1, 0.15) is 17.5 Å². The van der Waals surface area contributed by atoms with E-state index in [0.717, 1.165) is 44.5 Å². The van der Waals surface area contributed by atoms with Gasteiger partial charge in [-0.3, -0.25) is 19.7 Å². The Labute approximate surface area is 207 Å². The van der Waals surface area contributed by atoms with E-state index >= 15 is 0 Å². The molecule has 3 aromatic heterocycles. The summed E-state index contributed by atoms with van der Waals surface area (Å²) in [4.78, 5) is 24.4. The van der Waals surface area contributed by atoms with E-state index in [4.69, 9.17) is 4.74 Å². The van der Waals surface area contributed by atoms with Gasteiger partial charge in [-0.05, 0) is 31.2 Å². The minimum Gasteiger partial charge on any atom is -0.486 e. The summed E-state index contributed by atoms with van der Waals surface area (Å²) in [5.74, 6) is 0.739. The summed E-state index contributed by atoms with van der Waals surface area (Å²) in [7, 11) is 3.53. The van der Waals surface area contributed by atoms with Gasteiger partial charge in [0.05, 0.1) is 28.8 Å². The van der Waals surface area contributed by atoms with Crippen LogP contribution in [0.25, 0.3) is 33.2 Å². The van der Waals surface area contributed by atoms with E-state index in [2.05, 4.69) is 25.3 Å². The molecule has 0 saturated carbocycles. The van der Waals surface area contributed by atoms with E-state index < -0.39 is 0 Å². The van der Waals surface area contributed by atoms with Gasteiger partial charge in [0.2, 0.25) is 0 Å². The number of H-pyrrole nitrogens is 1. The van der Waals surface area contributed by atoms with Gasteiger partial charge in [-0.1, -0.05) is 12.1 Å². The normalized spacial score (nSPS) is 14.7. The van der Waals surface area contributed by atoms with Crippen molar-refractivity contribution in [1.29, 1.82) is 0 Å². The van der Waals surface area contributed by atoms with Gasteiger partial charge in [0.15, 0.2) is 0 Å². The zero-order valence-electron chi connectivity index (χ0n) is 20.3. The second kappa shape index (κ2) is 8.63. The highest BCUT2D eigenvalue weighted by atomic mass is 16.5. The number of carbonyl (C=O) groups is 1. The molecule has 1 saturated heterocycles. The van der Waals surface area contributed by atoms with Gasteiger partial charge >= 0.3 is 6.03 Å². The van der Waals surface area contributed by atoms with Crippen LogP contribution in [0.4, 0.5) is 4.79 Å². The van der Waals surface area contributed by atoms with Crippen LogP contribution < -0.4 is 4.74 Å². The number of aromatic amines is 1. The first kappa shape index (κ1) is 22.0. The van der Waals surface area contributed by atoms with Crippen LogP contribution in [0.15, 0.2) is 61.2 Å². The molecule has 5 aromatic rings. The number of carbonyl (C=O) groups excluding carboxylic acids is 1. The van der Waals surface area contributed by atoms with Crippen LogP contribution in [0, 0.1) is 0 Å². The molecule has 2 amide bonds. The average molecular weight is 483 g/mol. The van der Waals surface area contributed by atoms with Crippen LogP contribution in [0.3, 0.4) is 0 Å². The van der Waals surface area contributed by atoms with E-state index in [1.807, 2.05) is 65.3 Å². The SMILES string of the molecule is CC(Oc1ccc2[nH]nc(-c3cnn(C4CN(C(=O)N(C)C)C4)c3)c2c1)c1cccc2nccnc12. The Morgan fingerprint density at radius 1 is 1.17 bits per heavy atom. The Balaban J connectivity index is 1.23. The predicted molar refractivity (Wildman–Crippen MR) is 136 cm³/mol. The van der Waals surface area contributed by atoms with Crippen molar-refractivity contribution in [2.45, 2.75) is 19.1 Å². The van der Waals surface area contributed by atoms with Gasteiger partial charge in [-0.2, -0.15) is 10.2 Å². The molecule has 1 fully saturated rings. The Hall–Kier alpha value is -4.47. The van der Waals surface area contributed by atoms with Crippen LogP contribution in [-0.2, 0) is 0 Å². The smallest absolute Gasteiger partial charge is 0.319 e. The van der Waals surface area contributed by atoms with Gasteiger partial charge in [-0.25, -0.2) is 4.79 Å². The van der Waals surface area contributed by atoms with Gasteiger partial charge < -0.3 is 14.5 Å². The molecule has 0 bridgehead atoms. The number of para-hydroxylation sites is 1. The molecule has 36 heavy (non-hydrogen) atoms. The summed E-state index contributed by atoms with van der Waals surface area (Å²) in [6.45, 7) is 3.30. The number of ether oxygens (including phenoxy) is 1. The fourth-order valence-electron chi connectivity index (χ4n) is 4.62. The van der Waals surface area contributed by atoms with Crippen LogP contribution in [0.1, 0.15) is 24.6 Å². The molecule has 10 nitrogen and oxygen atoms in total. The van der Waals surface area contributed by atoms with E-state index in [0.29, 0.717) is 13.1 Å². The number of benzene rings is 2. The molecule has 0 radical (unpaired) electrons. The van der Waals surface area contributed by atoms with Crippen molar-refractivity contribution in [3.63, 3.8) is 0 Å². The highest BCUT2D eigenvalue weighted by Gasteiger charge is 2.33. The number of amides is 2. The fourth-order valence-corrected chi connectivity index (χ4v) is 4.62. The lowest BCUT2D eigenvalue weighted by molar-refractivity contribution is 0.100. The van der Waals surface area contributed by atoms with E-state index in [1.54, 1.807) is 31.4 Å². The molecule has 2 aromatic carbocycles.